The molecular formula is C20H26. The summed E-state index contributed by atoms with van der Waals surface area (Å²) in [5.41, 5.74) is 4.81. The Kier molecular flexibility index (Phi) is 5.00. The molecule has 0 atom stereocenters. The van der Waals surface area contributed by atoms with Crippen molar-refractivity contribution in [2.45, 2.75) is 45.4 Å². The van der Waals surface area contributed by atoms with Crippen molar-refractivity contribution in [1.29, 1.82) is 0 Å². The highest BCUT2D eigenvalue weighted by Gasteiger charge is 2.19. The summed E-state index contributed by atoms with van der Waals surface area (Å²) in [6, 6.07) is 8.99. The molecule has 1 fully saturated rings. The summed E-state index contributed by atoms with van der Waals surface area (Å²) in [4.78, 5) is 0. The van der Waals surface area contributed by atoms with E-state index < -0.39 is 0 Å². The van der Waals surface area contributed by atoms with Crippen molar-refractivity contribution in [2.75, 3.05) is 0 Å². The van der Waals surface area contributed by atoms with Crippen molar-refractivity contribution in [3.05, 3.63) is 66.3 Å². The zero-order valence-corrected chi connectivity index (χ0v) is 12.9. The third-order valence-electron chi connectivity index (χ3n) is 4.34. The Balaban J connectivity index is 2.03. The van der Waals surface area contributed by atoms with Crippen molar-refractivity contribution in [3.8, 4) is 0 Å². The maximum Gasteiger partial charge on any atom is -0.0162 e. The quantitative estimate of drug-likeness (QED) is 0.575. The lowest BCUT2D eigenvalue weighted by Gasteiger charge is -2.26. The van der Waals surface area contributed by atoms with Crippen molar-refractivity contribution in [1.82, 2.24) is 0 Å². The first-order chi connectivity index (χ1) is 9.56. The second kappa shape index (κ2) is 6.74. The molecule has 0 radical (unpaired) electrons. The predicted molar refractivity (Wildman–Crippen MR) is 89.8 cm³/mol. The first-order valence-corrected chi connectivity index (χ1v) is 7.69. The van der Waals surface area contributed by atoms with Crippen LogP contribution in [0.1, 0.15) is 56.6 Å². The number of rotatable bonds is 4. The first kappa shape index (κ1) is 14.8. The zero-order valence-electron chi connectivity index (χ0n) is 12.9. The molecule has 106 valence electrons. The van der Waals surface area contributed by atoms with Gasteiger partial charge in [0.2, 0.25) is 0 Å². The first-order valence-electron chi connectivity index (χ1n) is 7.69. The minimum absolute atomic E-state index is 0.763. The van der Waals surface area contributed by atoms with Gasteiger partial charge in [-0.15, -0.1) is 0 Å². The van der Waals surface area contributed by atoms with Gasteiger partial charge in [0, 0.05) is 0 Å². The van der Waals surface area contributed by atoms with Crippen LogP contribution in [0.15, 0.2) is 55.1 Å². The van der Waals surface area contributed by atoms with Crippen molar-refractivity contribution in [3.63, 3.8) is 0 Å². The monoisotopic (exact) mass is 266 g/mol. The third kappa shape index (κ3) is 3.96. The topological polar surface area (TPSA) is 0 Å². The molecule has 1 aliphatic carbocycles. The summed E-state index contributed by atoms with van der Waals surface area (Å²) in [6.07, 6.45) is 9.49. The molecule has 0 heteroatoms. The Morgan fingerprint density at radius 1 is 1.00 bits per heavy atom. The zero-order chi connectivity index (χ0) is 14.5. The van der Waals surface area contributed by atoms with E-state index in [1.165, 1.54) is 36.8 Å². The van der Waals surface area contributed by atoms with Gasteiger partial charge in [0.15, 0.2) is 0 Å². The standard InChI is InChI=1S/C20H26/c1-15(2)5-8-17(4)18-11-13-20(14-12-18)19-9-6-16(3)7-10-19/h5,8,11-14,16,19H,1,4,6-7,9-10H2,2-3H3/b8-5-. The predicted octanol–water partition coefficient (Wildman–Crippen LogP) is 6.13. The minimum Gasteiger partial charge on any atom is -0.0961 e. The normalized spacial score (nSPS) is 22.9. The lowest BCUT2D eigenvalue weighted by atomic mass is 9.79. The van der Waals surface area contributed by atoms with E-state index in [2.05, 4.69) is 44.3 Å². The highest BCUT2D eigenvalue weighted by atomic mass is 14.2. The van der Waals surface area contributed by atoms with Gasteiger partial charge in [-0.1, -0.05) is 74.9 Å². The Bertz CT molecular complexity index is 493. The second-order valence-corrected chi connectivity index (χ2v) is 6.28. The van der Waals surface area contributed by atoms with Crippen LogP contribution in [0.3, 0.4) is 0 Å². The smallest absolute Gasteiger partial charge is 0.0162 e. The summed E-state index contributed by atoms with van der Waals surface area (Å²) < 4.78 is 0. The highest BCUT2D eigenvalue weighted by molar-refractivity contribution is 5.72. The van der Waals surface area contributed by atoms with Gasteiger partial charge in [0.05, 0.1) is 0 Å². The summed E-state index contributed by atoms with van der Waals surface area (Å²) in [5, 5.41) is 0. The van der Waals surface area contributed by atoms with E-state index in [-0.39, 0.29) is 0 Å². The maximum atomic E-state index is 4.12. The molecule has 0 spiro atoms. The summed E-state index contributed by atoms with van der Waals surface area (Å²) >= 11 is 0. The van der Waals surface area contributed by atoms with Crippen LogP contribution in [0.25, 0.3) is 5.57 Å². The van der Waals surface area contributed by atoms with E-state index in [1.54, 1.807) is 0 Å². The van der Waals surface area contributed by atoms with Crippen LogP contribution in [0.5, 0.6) is 0 Å². The molecule has 1 aliphatic rings. The fourth-order valence-corrected chi connectivity index (χ4v) is 2.90. The molecule has 1 saturated carbocycles. The summed E-state index contributed by atoms with van der Waals surface area (Å²) in [5.74, 6) is 1.68. The molecule has 0 aliphatic heterocycles. The van der Waals surface area contributed by atoms with E-state index >= 15 is 0 Å². The van der Waals surface area contributed by atoms with Crippen molar-refractivity contribution >= 4 is 5.57 Å². The van der Waals surface area contributed by atoms with E-state index in [4.69, 9.17) is 0 Å². The molecular weight excluding hydrogens is 240 g/mol. The highest BCUT2D eigenvalue weighted by Crippen LogP contribution is 2.35. The van der Waals surface area contributed by atoms with Crippen molar-refractivity contribution in [2.24, 2.45) is 5.92 Å². The molecule has 0 aromatic heterocycles. The molecule has 0 nitrogen and oxygen atoms in total. The van der Waals surface area contributed by atoms with E-state index in [1.807, 2.05) is 19.1 Å². The minimum atomic E-state index is 0.763. The van der Waals surface area contributed by atoms with Crippen LogP contribution in [0.4, 0.5) is 0 Å². The van der Waals surface area contributed by atoms with E-state index in [0.29, 0.717) is 0 Å². The Morgan fingerprint density at radius 2 is 1.60 bits per heavy atom. The average molecular weight is 266 g/mol. The van der Waals surface area contributed by atoms with Gasteiger partial charge in [-0.25, -0.2) is 0 Å². The second-order valence-electron chi connectivity index (χ2n) is 6.28. The van der Waals surface area contributed by atoms with Crippen LogP contribution in [-0.2, 0) is 0 Å². The number of allylic oxidation sites excluding steroid dienone is 4. The van der Waals surface area contributed by atoms with Gasteiger partial charge >= 0.3 is 0 Å². The van der Waals surface area contributed by atoms with Gasteiger partial charge in [-0.05, 0) is 48.3 Å². The Labute approximate surface area is 123 Å². The molecule has 0 amide bonds. The van der Waals surface area contributed by atoms with E-state index in [0.717, 1.165) is 23.0 Å². The summed E-state index contributed by atoms with van der Waals surface area (Å²) in [7, 11) is 0. The maximum absolute atomic E-state index is 4.12. The molecule has 0 unspecified atom stereocenters. The Morgan fingerprint density at radius 3 is 2.15 bits per heavy atom. The van der Waals surface area contributed by atoms with Crippen molar-refractivity contribution < 1.29 is 0 Å². The van der Waals surface area contributed by atoms with Gasteiger partial charge in [-0.2, -0.15) is 0 Å². The lowest BCUT2D eigenvalue weighted by Crippen LogP contribution is -2.10. The lowest BCUT2D eigenvalue weighted by molar-refractivity contribution is 0.348. The van der Waals surface area contributed by atoms with Gasteiger partial charge in [0.1, 0.15) is 0 Å². The number of hydrogen-bond donors (Lipinski definition) is 0. The number of benzene rings is 1. The average Bonchev–Trinajstić information content (AvgIpc) is 2.46. The van der Waals surface area contributed by atoms with Crippen LogP contribution in [0, 0.1) is 5.92 Å². The molecule has 0 saturated heterocycles. The molecule has 1 aromatic carbocycles. The molecule has 2 rings (SSSR count). The molecule has 0 N–H and O–H groups in total. The Hall–Kier alpha value is -1.56. The van der Waals surface area contributed by atoms with Crippen LogP contribution in [0.2, 0.25) is 0 Å². The summed E-state index contributed by atoms with van der Waals surface area (Å²) in [6.45, 7) is 12.4. The van der Waals surface area contributed by atoms with Crippen LogP contribution in [-0.4, -0.2) is 0 Å². The fraction of sp³-hybridized carbons (Fsp3) is 0.400. The number of hydrogen-bond acceptors (Lipinski definition) is 0. The van der Waals surface area contributed by atoms with Crippen LogP contribution < -0.4 is 0 Å². The fourth-order valence-electron chi connectivity index (χ4n) is 2.90. The molecule has 0 heterocycles. The van der Waals surface area contributed by atoms with Gasteiger partial charge < -0.3 is 0 Å². The van der Waals surface area contributed by atoms with Gasteiger partial charge in [-0.3, -0.25) is 0 Å². The SMILES string of the molecule is C=C(C)/C=C\C(=C)c1ccc(C2CCC(C)CC2)cc1. The van der Waals surface area contributed by atoms with Gasteiger partial charge in [0.25, 0.3) is 0 Å². The van der Waals surface area contributed by atoms with E-state index in [9.17, 15) is 0 Å². The molecule has 1 aromatic rings. The largest absolute Gasteiger partial charge is 0.0961 e. The molecule has 20 heavy (non-hydrogen) atoms. The third-order valence-corrected chi connectivity index (χ3v) is 4.34. The van der Waals surface area contributed by atoms with Crippen LogP contribution >= 0.6 is 0 Å². The molecule has 0 bridgehead atoms.